The number of rotatable bonds is 4. The van der Waals surface area contributed by atoms with Crippen molar-refractivity contribution in [3.05, 3.63) is 77.4 Å². The van der Waals surface area contributed by atoms with E-state index in [1.54, 1.807) is 42.5 Å². The average Bonchev–Trinajstić information content (AvgIpc) is 3.28. The third-order valence-electron chi connectivity index (χ3n) is 5.44. The fraction of sp³-hybridized carbons (Fsp3) is 0.130. The number of amides is 1. The fourth-order valence-electron chi connectivity index (χ4n) is 3.75. The van der Waals surface area contributed by atoms with Gasteiger partial charge >= 0.3 is 10.2 Å². The van der Waals surface area contributed by atoms with E-state index in [1.807, 2.05) is 24.4 Å². The number of nitrogens with zero attached hydrogens (tertiary/aromatic N) is 2. The third-order valence-corrected chi connectivity index (χ3v) is 7.31. The first-order chi connectivity index (χ1) is 15.9. The van der Waals surface area contributed by atoms with Crippen molar-refractivity contribution in [3.63, 3.8) is 0 Å². The molecule has 1 aliphatic heterocycles. The summed E-state index contributed by atoms with van der Waals surface area (Å²) in [5, 5.41) is 4.38. The van der Waals surface area contributed by atoms with Gasteiger partial charge in [0.2, 0.25) is 0 Å². The van der Waals surface area contributed by atoms with Gasteiger partial charge in [-0.2, -0.15) is 13.1 Å². The van der Waals surface area contributed by atoms with Crippen molar-refractivity contribution in [2.75, 3.05) is 22.7 Å². The lowest BCUT2D eigenvalue weighted by Gasteiger charge is -2.28. The molecule has 33 heavy (non-hydrogen) atoms. The van der Waals surface area contributed by atoms with Gasteiger partial charge in [-0.05, 0) is 67.1 Å². The number of anilines is 2. The van der Waals surface area contributed by atoms with Crippen molar-refractivity contribution >= 4 is 50.1 Å². The Bertz CT molecular complexity index is 1450. The van der Waals surface area contributed by atoms with Gasteiger partial charge in [0.15, 0.2) is 0 Å². The van der Waals surface area contributed by atoms with Gasteiger partial charge in [0, 0.05) is 41.5 Å². The number of carbonyl (C=O) groups is 1. The summed E-state index contributed by atoms with van der Waals surface area (Å²) < 4.78 is 28.2. The Morgan fingerprint density at radius 3 is 2.67 bits per heavy atom. The Morgan fingerprint density at radius 1 is 1.06 bits per heavy atom. The van der Waals surface area contributed by atoms with Gasteiger partial charge in [0.25, 0.3) is 5.91 Å². The second kappa shape index (κ2) is 8.51. The summed E-state index contributed by atoms with van der Waals surface area (Å²) in [7, 11) is -3.54. The molecule has 1 aliphatic rings. The van der Waals surface area contributed by atoms with Crippen LogP contribution in [-0.2, 0) is 10.2 Å². The fourth-order valence-corrected chi connectivity index (χ4v) is 5.29. The molecule has 2 aromatic carbocycles. The zero-order valence-electron chi connectivity index (χ0n) is 17.4. The van der Waals surface area contributed by atoms with E-state index in [0.717, 1.165) is 11.0 Å². The van der Waals surface area contributed by atoms with Gasteiger partial charge < -0.3 is 10.3 Å². The molecule has 0 saturated carbocycles. The average molecular weight is 482 g/mol. The van der Waals surface area contributed by atoms with Crippen LogP contribution in [0, 0.1) is 0 Å². The minimum Gasteiger partial charge on any atom is -0.346 e. The number of benzene rings is 2. The minimum atomic E-state index is -3.54. The van der Waals surface area contributed by atoms with Gasteiger partial charge in [0.1, 0.15) is 5.65 Å². The summed E-state index contributed by atoms with van der Waals surface area (Å²) in [6.45, 7) is 0.827. The molecule has 10 heteroatoms. The summed E-state index contributed by atoms with van der Waals surface area (Å²) in [6, 6.07) is 17.4. The number of pyridine rings is 1. The molecule has 0 unspecified atom stereocenters. The molecule has 168 valence electrons. The lowest BCUT2D eigenvalue weighted by molar-refractivity contribution is 0.102. The van der Waals surface area contributed by atoms with E-state index in [1.165, 1.54) is 4.31 Å². The number of hydrogen-bond donors (Lipinski definition) is 3. The van der Waals surface area contributed by atoms with E-state index in [9.17, 15) is 13.2 Å². The predicted octanol–water partition coefficient (Wildman–Crippen LogP) is 4.18. The second-order valence-corrected chi connectivity index (χ2v) is 9.72. The molecule has 0 radical (unpaired) electrons. The van der Waals surface area contributed by atoms with E-state index in [-0.39, 0.29) is 5.91 Å². The predicted molar refractivity (Wildman–Crippen MR) is 130 cm³/mol. The third kappa shape index (κ3) is 4.30. The Morgan fingerprint density at radius 2 is 1.88 bits per heavy atom. The summed E-state index contributed by atoms with van der Waals surface area (Å²) in [5.74, 6) is -0.317. The molecule has 0 spiro atoms. The molecular weight excluding hydrogens is 462 g/mol. The maximum absolute atomic E-state index is 12.8. The highest BCUT2D eigenvalue weighted by Crippen LogP contribution is 2.31. The van der Waals surface area contributed by atoms with Crippen LogP contribution in [0.15, 0.2) is 66.9 Å². The second-order valence-electron chi connectivity index (χ2n) is 7.63. The molecule has 5 rings (SSSR count). The van der Waals surface area contributed by atoms with Gasteiger partial charge in [-0.1, -0.05) is 11.6 Å². The van der Waals surface area contributed by atoms with Crippen molar-refractivity contribution in [1.82, 2.24) is 14.7 Å². The smallest absolute Gasteiger partial charge is 0.301 e. The van der Waals surface area contributed by atoms with Crippen LogP contribution in [-0.4, -0.2) is 37.4 Å². The molecule has 1 amide bonds. The number of halogens is 1. The van der Waals surface area contributed by atoms with Crippen molar-refractivity contribution in [3.8, 4) is 11.3 Å². The summed E-state index contributed by atoms with van der Waals surface area (Å²) in [5.41, 5.74) is 3.63. The molecule has 0 atom stereocenters. The first-order valence-electron chi connectivity index (χ1n) is 10.3. The SMILES string of the molecule is O=C(Nc1ccc(Cl)c(-c2ccc3cc[nH]c3n2)c1)c1ccc(N2CCCNS2(=O)=O)cc1. The molecule has 0 bridgehead atoms. The number of fused-ring (bicyclic) bond motifs is 1. The molecule has 3 N–H and O–H groups in total. The zero-order chi connectivity index (χ0) is 23.0. The van der Waals surface area contributed by atoms with Gasteiger partial charge in [-0.15, -0.1) is 0 Å². The lowest BCUT2D eigenvalue weighted by atomic mass is 10.1. The summed E-state index contributed by atoms with van der Waals surface area (Å²) >= 11 is 6.40. The highest BCUT2D eigenvalue weighted by Gasteiger charge is 2.25. The van der Waals surface area contributed by atoms with Crippen LogP contribution >= 0.6 is 11.6 Å². The Balaban J connectivity index is 1.36. The number of H-pyrrole nitrogens is 1. The number of hydrogen-bond acceptors (Lipinski definition) is 4. The molecule has 2 aromatic heterocycles. The van der Waals surface area contributed by atoms with Gasteiger partial charge in [-0.3, -0.25) is 9.10 Å². The van der Waals surface area contributed by atoms with Crippen LogP contribution in [0.5, 0.6) is 0 Å². The van der Waals surface area contributed by atoms with E-state index >= 15 is 0 Å². The lowest BCUT2D eigenvalue weighted by Crippen LogP contribution is -2.47. The number of aromatic amines is 1. The molecule has 1 saturated heterocycles. The molecule has 8 nitrogen and oxygen atoms in total. The Hall–Kier alpha value is -3.40. The van der Waals surface area contributed by atoms with Crippen molar-refractivity contribution < 1.29 is 13.2 Å². The van der Waals surface area contributed by atoms with Crippen LogP contribution < -0.4 is 14.3 Å². The molecule has 3 heterocycles. The Kier molecular flexibility index (Phi) is 5.53. The van der Waals surface area contributed by atoms with Gasteiger partial charge in [-0.25, -0.2) is 4.98 Å². The van der Waals surface area contributed by atoms with E-state index in [4.69, 9.17) is 11.6 Å². The van der Waals surface area contributed by atoms with Crippen molar-refractivity contribution in [1.29, 1.82) is 0 Å². The first-order valence-corrected chi connectivity index (χ1v) is 12.2. The number of carbonyl (C=O) groups excluding carboxylic acids is 1. The molecular formula is C23H20ClN5O3S. The van der Waals surface area contributed by atoms with Crippen LogP contribution in [0.1, 0.15) is 16.8 Å². The maximum atomic E-state index is 12.8. The van der Waals surface area contributed by atoms with E-state index < -0.39 is 10.2 Å². The van der Waals surface area contributed by atoms with E-state index in [2.05, 4.69) is 20.0 Å². The topological polar surface area (TPSA) is 107 Å². The normalized spacial score (nSPS) is 15.5. The van der Waals surface area contributed by atoms with Crippen molar-refractivity contribution in [2.45, 2.75) is 6.42 Å². The minimum absolute atomic E-state index is 0.317. The maximum Gasteiger partial charge on any atom is 0.301 e. The highest BCUT2D eigenvalue weighted by atomic mass is 35.5. The Labute approximate surface area is 195 Å². The largest absolute Gasteiger partial charge is 0.346 e. The van der Waals surface area contributed by atoms with Gasteiger partial charge in [0.05, 0.1) is 16.4 Å². The summed E-state index contributed by atoms with van der Waals surface area (Å²) in [4.78, 5) is 20.5. The monoisotopic (exact) mass is 481 g/mol. The first kappa shape index (κ1) is 21.4. The number of aromatic nitrogens is 2. The van der Waals surface area contributed by atoms with Crippen LogP contribution in [0.3, 0.4) is 0 Å². The highest BCUT2D eigenvalue weighted by molar-refractivity contribution is 7.90. The molecule has 0 aliphatic carbocycles. The molecule has 1 fully saturated rings. The van der Waals surface area contributed by atoms with Crippen LogP contribution in [0.4, 0.5) is 11.4 Å². The number of nitrogens with one attached hydrogen (secondary N) is 3. The van der Waals surface area contributed by atoms with Crippen molar-refractivity contribution in [2.24, 2.45) is 0 Å². The quantitative estimate of drug-likeness (QED) is 0.406. The zero-order valence-corrected chi connectivity index (χ0v) is 18.9. The van der Waals surface area contributed by atoms with E-state index in [0.29, 0.717) is 52.7 Å². The summed E-state index contributed by atoms with van der Waals surface area (Å²) in [6.07, 6.45) is 2.54. The van der Waals surface area contributed by atoms with Crippen LogP contribution in [0.25, 0.3) is 22.3 Å². The molecule has 4 aromatic rings. The standard InChI is InChI=1S/C23H20ClN5O3S/c24-20-8-5-17(14-19(20)21-9-4-15-10-12-25-22(15)28-21)27-23(30)16-2-6-18(7-3-16)29-13-1-11-26-33(29,31)32/h2-10,12,14,26H,1,11,13H2,(H,25,28)(H,27,30). The van der Waals surface area contributed by atoms with Crippen LogP contribution in [0.2, 0.25) is 5.02 Å².